The van der Waals surface area contributed by atoms with E-state index in [-0.39, 0.29) is 6.09 Å². The van der Waals surface area contributed by atoms with Crippen molar-refractivity contribution in [3.05, 3.63) is 52.7 Å². The van der Waals surface area contributed by atoms with Gasteiger partial charge in [-0.2, -0.15) is 0 Å². The Kier molecular flexibility index (Phi) is 13.6. The Morgan fingerprint density at radius 1 is 1.08 bits per heavy atom. The SMILES string of the molecule is CC.CCC.CN(CCCc1cccs1)C(=O)Oc1ccccc1. The molecule has 1 aromatic carbocycles. The molecule has 0 saturated carbocycles. The minimum atomic E-state index is -0.308. The fourth-order valence-electron chi connectivity index (χ4n) is 1.70. The third kappa shape index (κ3) is 10.1. The molecule has 1 amide bonds. The van der Waals surface area contributed by atoms with Crippen molar-refractivity contribution in [1.29, 1.82) is 0 Å². The summed E-state index contributed by atoms with van der Waals surface area (Å²) in [6, 6.07) is 13.3. The molecule has 0 spiro atoms. The van der Waals surface area contributed by atoms with E-state index in [1.54, 1.807) is 35.4 Å². The average Bonchev–Trinajstić information content (AvgIpc) is 3.11. The number of thiophene rings is 1. The Bertz CT molecular complexity index is 512. The lowest BCUT2D eigenvalue weighted by molar-refractivity contribution is 0.162. The van der Waals surface area contributed by atoms with Crippen LogP contribution in [0, 0.1) is 0 Å². The normalized spacial score (nSPS) is 9.04. The molecule has 0 N–H and O–H groups in total. The predicted octanol–water partition coefficient (Wildman–Crippen LogP) is 6.25. The van der Waals surface area contributed by atoms with Crippen LogP contribution in [0.2, 0.25) is 0 Å². The van der Waals surface area contributed by atoms with Crippen LogP contribution in [0.5, 0.6) is 5.75 Å². The van der Waals surface area contributed by atoms with Crippen molar-refractivity contribution in [2.24, 2.45) is 0 Å². The summed E-state index contributed by atoms with van der Waals surface area (Å²) in [6.07, 6.45) is 2.89. The maximum Gasteiger partial charge on any atom is 0.414 e. The summed E-state index contributed by atoms with van der Waals surface area (Å²) in [5.74, 6) is 0.581. The van der Waals surface area contributed by atoms with Crippen molar-refractivity contribution in [1.82, 2.24) is 4.90 Å². The Labute approximate surface area is 151 Å². The van der Waals surface area contributed by atoms with Gasteiger partial charge in [0.1, 0.15) is 5.75 Å². The molecule has 134 valence electrons. The minimum absolute atomic E-state index is 0.308. The van der Waals surface area contributed by atoms with Crippen LogP contribution < -0.4 is 4.74 Å². The van der Waals surface area contributed by atoms with Crippen LogP contribution >= 0.6 is 11.3 Å². The van der Waals surface area contributed by atoms with Gasteiger partial charge in [0, 0.05) is 18.5 Å². The van der Waals surface area contributed by atoms with Crippen LogP contribution in [0.4, 0.5) is 4.79 Å². The zero-order chi connectivity index (χ0) is 18.2. The second-order valence-electron chi connectivity index (χ2n) is 4.99. The number of hydrogen-bond donors (Lipinski definition) is 0. The van der Waals surface area contributed by atoms with E-state index in [4.69, 9.17) is 4.74 Å². The molecule has 2 aromatic rings. The van der Waals surface area contributed by atoms with E-state index in [0.717, 1.165) is 12.8 Å². The molecule has 4 heteroatoms. The van der Waals surface area contributed by atoms with Gasteiger partial charge in [0.15, 0.2) is 0 Å². The summed E-state index contributed by atoms with van der Waals surface area (Å²) in [7, 11) is 1.76. The number of hydrogen-bond acceptors (Lipinski definition) is 3. The minimum Gasteiger partial charge on any atom is -0.410 e. The van der Waals surface area contributed by atoms with Crippen molar-refractivity contribution in [2.75, 3.05) is 13.6 Å². The summed E-state index contributed by atoms with van der Waals surface area (Å²) in [6.45, 7) is 8.95. The number of rotatable bonds is 5. The van der Waals surface area contributed by atoms with Crippen LogP contribution in [0.25, 0.3) is 0 Å². The van der Waals surface area contributed by atoms with Crippen molar-refractivity contribution < 1.29 is 9.53 Å². The Morgan fingerprint density at radius 2 is 1.71 bits per heavy atom. The van der Waals surface area contributed by atoms with E-state index in [1.807, 2.05) is 38.1 Å². The van der Waals surface area contributed by atoms with Gasteiger partial charge in [0.2, 0.25) is 0 Å². The third-order valence-electron chi connectivity index (χ3n) is 2.76. The van der Waals surface area contributed by atoms with Crippen molar-refractivity contribution in [2.45, 2.75) is 47.0 Å². The number of nitrogens with zero attached hydrogens (tertiary/aromatic N) is 1. The summed E-state index contributed by atoms with van der Waals surface area (Å²) in [4.78, 5) is 14.8. The zero-order valence-electron chi connectivity index (χ0n) is 15.6. The molecule has 0 fully saturated rings. The molecule has 24 heavy (non-hydrogen) atoms. The number of carbonyl (C=O) groups is 1. The Balaban J connectivity index is 0.000000952. The van der Waals surface area contributed by atoms with E-state index >= 15 is 0 Å². The highest BCUT2D eigenvalue weighted by Gasteiger charge is 2.10. The molecule has 3 nitrogen and oxygen atoms in total. The smallest absolute Gasteiger partial charge is 0.410 e. The Morgan fingerprint density at radius 3 is 2.25 bits per heavy atom. The topological polar surface area (TPSA) is 29.5 Å². The van der Waals surface area contributed by atoms with E-state index in [0.29, 0.717) is 12.3 Å². The van der Waals surface area contributed by atoms with Gasteiger partial charge in [-0.25, -0.2) is 4.79 Å². The zero-order valence-corrected chi connectivity index (χ0v) is 16.4. The molecule has 0 bridgehead atoms. The molecular weight excluding hydrogens is 318 g/mol. The quantitative estimate of drug-likeness (QED) is 0.638. The molecule has 1 heterocycles. The number of ether oxygens (including phenoxy) is 1. The first kappa shape index (κ1) is 22.2. The molecular formula is C20H31NO2S. The van der Waals surface area contributed by atoms with E-state index in [9.17, 15) is 4.79 Å². The molecule has 0 saturated heterocycles. The summed E-state index contributed by atoms with van der Waals surface area (Å²) < 4.78 is 5.25. The highest BCUT2D eigenvalue weighted by Crippen LogP contribution is 2.12. The van der Waals surface area contributed by atoms with Crippen LogP contribution in [0.15, 0.2) is 47.8 Å². The van der Waals surface area contributed by atoms with Crippen LogP contribution in [-0.2, 0) is 6.42 Å². The van der Waals surface area contributed by atoms with Gasteiger partial charge < -0.3 is 9.64 Å². The lowest BCUT2D eigenvalue weighted by atomic mass is 10.2. The number of para-hydroxylation sites is 1. The number of amides is 1. The highest BCUT2D eigenvalue weighted by atomic mass is 32.1. The molecule has 0 aliphatic carbocycles. The van der Waals surface area contributed by atoms with Gasteiger partial charge in [-0.15, -0.1) is 11.3 Å². The van der Waals surface area contributed by atoms with Gasteiger partial charge in [0.05, 0.1) is 0 Å². The highest BCUT2D eigenvalue weighted by molar-refractivity contribution is 7.09. The van der Waals surface area contributed by atoms with E-state index in [1.165, 1.54) is 11.3 Å². The van der Waals surface area contributed by atoms with Crippen molar-refractivity contribution >= 4 is 17.4 Å². The number of carbonyl (C=O) groups excluding carboxylic acids is 1. The van der Waals surface area contributed by atoms with Crippen molar-refractivity contribution in [3.63, 3.8) is 0 Å². The lowest BCUT2D eigenvalue weighted by Gasteiger charge is -2.16. The molecule has 0 atom stereocenters. The Hall–Kier alpha value is -1.81. The summed E-state index contributed by atoms with van der Waals surface area (Å²) >= 11 is 1.75. The van der Waals surface area contributed by atoms with E-state index in [2.05, 4.69) is 25.3 Å². The van der Waals surface area contributed by atoms with Crippen molar-refractivity contribution in [3.8, 4) is 5.75 Å². The summed E-state index contributed by atoms with van der Waals surface area (Å²) in [5.41, 5.74) is 0. The first-order chi connectivity index (χ1) is 11.7. The first-order valence-corrected chi connectivity index (χ1v) is 9.55. The molecule has 2 rings (SSSR count). The third-order valence-corrected chi connectivity index (χ3v) is 3.69. The van der Waals surface area contributed by atoms with Gasteiger partial charge in [0.25, 0.3) is 0 Å². The maximum absolute atomic E-state index is 11.8. The molecule has 1 aromatic heterocycles. The summed E-state index contributed by atoms with van der Waals surface area (Å²) in [5, 5.41) is 2.07. The fourth-order valence-corrected chi connectivity index (χ4v) is 2.46. The van der Waals surface area contributed by atoms with Gasteiger partial charge in [-0.3, -0.25) is 0 Å². The first-order valence-electron chi connectivity index (χ1n) is 8.67. The average molecular weight is 350 g/mol. The van der Waals surface area contributed by atoms with Gasteiger partial charge in [-0.1, -0.05) is 58.4 Å². The van der Waals surface area contributed by atoms with Crippen LogP contribution in [0.3, 0.4) is 0 Å². The molecule has 0 aliphatic rings. The largest absolute Gasteiger partial charge is 0.414 e. The predicted molar refractivity (Wildman–Crippen MR) is 105 cm³/mol. The second kappa shape index (κ2) is 14.8. The second-order valence-corrected chi connectivity index (χ2v) is 6.02. The van der Waals surface area contributed by atoms with Gasteiger partial charge >= 0.3 is 6.09 Å². The van der Waals surface area contributed by atoms with Gasteiger partial charge in [-0.05, 0) is 36.4 Å². The monoisotopic (exact) mass is 349 g/mol. The fraction of sp³-hybridized carbons (Fsp3) is 0.450. The maximum atomic E-state index is 11.8. The molecule has 0 aliphatic heterocycles. The standard InChI is InChI=1S/C15H17NO2S.C3H8.C2H6/c1-16(11-5-9-14-10-6-12-19-14)15(17)18-13-7-3-2-4-8-13;1-3-2;1-2/h2-4,6-8,10,12H,5,9,11H2,1H3;3H2,1-2H3;1-2H3. The number of aryl methyl sites for hydroxylation is 1. The van der Waals surface area contributed by atoms with E-state index < -0.39 is 0 Å². The molecule has 0 unspecified atom stereocenters. The van der Waals surface area contributed by atoms with Crippen LogP contribution in [0.1, 0.15) is 45.4 Å². The molecule has 0 radical (unpaired) electrons. The lowest BCUT2D eigenvalue weighted by Crippen LogP contribution is -2.30. The number of benzene rings is 1. The van der Waals surface area contributed by atoms with Crippen LogP contribution in [-0.4, -0.2) is 24.6 Å².